The van der Waals surface area contributed by atoms with Gasteiger partial charge in [-0.1, -0.05) is 23.7 Å². The first-order chi connectivity index (χ1) is 14.8. The molecule has 0 saturated heterocycles. The first kappa shape index (κ1) is 21.3. The molecule has 6 nitrogen and oxygen atoms in total. The zero-order valence-corrected chi connectivity index (χ0v) is 18.5. The molecule has 0 spiro atoms. The minimum Gasteiger partial charge on any atom is -0.507 e. The molecule has 0 aliphatic rings. The van der Waals surface area contributed by atoms with E-state index in [2.05, 4.69) is 10.3 Å². The Morgan fingerprint density at radius 3 is 2.52 bits per heavy atom. The van der Waals surface area contributed by atoms with Crippen molar-refractivity contribution in [2.45, 2.75) is 11.3 Å². The molecule has 4 rings (SSSR count). The van der Waals surface area contributed by atoms with Crippen molar-refractivity contribution in [3.63, 3.8) is 0 Å². The molecule has 1 heterocycles. The van der Waals surface area contributed by atoms with Crippen LogP contribution >= 0.6 is 22.9 Å². The lowest BCUT2D eigenvalue weighted by Crippen LogP contribution is -2.17. The highest BCUT2D eigenvalue weighted by atomic mass is 35.5. The number of para-hydroxylation sites is 1. The second-order valence-electron chi connectivity index (χ2n) is 6.79. The van der Waals surface area contributed by atoms with Crippen molar-refractivity contribution in [2.75, 3.05) is 11.1 Å². The molecule has 2 N–H and O–H groups in total. The minimum atomic E-state index is -3.60. The Hall–Kier alpha value is -2.94. The maximum atomic E-state index is 12.4. The number of hydrogen-bond acceptors (Lipinski definition) is 6. The fourth-order valence-corrected chi connectivity index (χ4v) is 5.35. The fourth-order valence-electron chi connectivity index (χ4n) is 2.99. The molecular formula is C22H17ClN2O4S2. The zero-order chi connectivity index (χ0) is 22.0. The summed E-state index contributed by atoms with van der Waals surface area (Å²) in [6.07, 6.45) is -0.217. The summed E-state index contributed by atoms with van der Waals surface area (Å²) >= 11 is 7.24. The Kier molecular flexibility index (Phi) is 5.95. The van der Waals surface area contributed by atoms with Crippen LogP contribution in [0, 0.1) is 0 Å². The predicted octanol–water partition coefficient (Wildman–Crippen LogP) is 5.12. The van der Waals surface area contributed by atoms with Crippen molar-refractivity contribution in [2.24, 2.45) is 0 Å². The van der Waals surface area contributed by atoms with E-state index in [0.29, 0.717) is 21.3 Å². The predicted molar refractivity (Wildman–Crippen MR) is 123 cm³/mol. The van der Waals surface area contributed by atoms with Crippen LogP contribution in [0.25, 0.3) is 20.8 Å². The van der Waals surface area contributed by atoms with Crippen molar-refractivity contribution < 1.29 is 18.3 Å². The lowest BCUT2D eigenvalue weighted by atomic mass is 10.2. The average molecular weight is 473 g/mol. The summed E-state index contributed by atoms with van der Waals surface area (Å²) in [6.45, 7) is 0. The first-order valence-electron chi connectivity index (χ1n) is 9.29. The minimum absolute atomic E-state index is 0.0226. The summed E-state index contributed by atoms with van der Waals surface area (Å²) < 4.78 is 25.7. The summed E-state index contributed by atoms with van der Waals surface area (Å²) in [5.74, 6) is -0.828. The summed E-state index contributed by atoms with van der Waals surface area (Å²) in [5, 5.41) is 14.1. The lowest BCUT2D eigenvalue weighted by molar-refractivity contribution is -0.115. The van der Waals surface area contributed by atoms with Crippen molar-refractivity contribution in [1.29, 1.82) is 0 Å². The summed E-state index contributed by atoms with van der Waals surface area (Å²) in [5.41, 5.74) is 1.78. The number of thiazole rings is 1. The number of rotatable bonds is 6. The van der Waals surface area contributed by atoms with E-state index < -0.39 is 15.7 Å². The van der Waals surface area contributed by atoms with Gasteiger partial charge in [0, 0.05) is 23.2 Å². The second-order valence-corrected chi connectivity index (χ2v) is 10.4. The van der Waals surface area contributed by atoms with Gasteiger partial charge in [-0.05, 0) is 48.5 Å². The monoisotopic (exact) mass is 472 g/mol. The topological polar surface area (TPSA) is 96.4 Å². The molecule has 9 heteroatoms. The molecule has 3 aromatic carbocycles. The van der Waals surface area contributed by atoms with Crippen LogP contribution in [-0.2, 0) is 14.6 Å². The van der Waals surface area contributed by atoms with E-state index in [0.717, 1.165) is 10.2 Å². The lowest BCUT2D eigenvalue weighted by Gasteiger charge is -2.08. The average Bonchev–Trinajstić information content (AvgIpc) is 3.17. The first-order valence-corrected chi connectivity index (χ1v) is 12.1. The van der Waals surface area contributed by atoms with Gasteiger partial charge in [-0.2, -0.15) is 0 Å². The molecule has 0 aliphatic carbocycles. The number of nitrogens with one attached hydrogen (secondary N) is 1. The van der Waals surface area contributed by atoms with Crippen LogP contribution < -0.4 is 5.32 Å². The number of phenols is 1. The quantitative estimate of drug-likeness (QED) is 0.405. The van der Waals surface area contributed by atoms with Gasteiger partial charge in [0.2, 0.25) is 5.91 Å². The number of fused-ring (bicyclic) bond motifs is 1. The molecule has 0 unspecified atom stereocenters. The standard InChI is InChI=1S/C22H17ClN2O4S2/c23-14-5-8-16(9-6-14)31(28,29)12-11-21(27)24-15-7-10-17(19(26)13-15)22-25-18-3-1-2-4-20(18)30-22/h1-10,13,26H,11-12H2,(H,24,27). The van der Waals surface area contributed by atoms with Gasteiger partial charge in [0.25, 0.3) is 0 Å². The van der Waals surface area contributed by atoms with E-state index in [9.17, 15) is 18.3 Å². The van der Waals surface area contributed by atoms with Gasteiger partial charge in [-0.3, -0.25) is 4.79 Å². The number of carbonyl (C=O) groups is 1. The van der Waals surface area contributed by atoms with Crippen LogP contribution in [0.3, 0.4) is 0 Å². The Bertz CT molecular complexity index is 1330. The van der Waals surface area contributed by atoms with Crippen LogP contribution in [0.15, 0.2) is 71.6 Å². The Morgan fingerprint density at radius 2 is 1.81 bits per heavy atom. The summed E-state index contributed by atoms with van der Waals surface area (Å²) in [7, 11) is -3.60. The van der Waals surface area contributed by atoms with Crippen molar-refractivity contribution in [3.05, 3.63) is 71.8 Å². The third-order valence-corrected chi connectivity index (χ3v) is 7.63. The maximum absolute atomic E-state index is 12.4. The SMILES string of the molecule is O=C(CCS(=O)(=O)c1ccc(Cl)cc1)Nc1ccc(-c2nc3ccccc3s2)c(O)c1. The van der Waals surface area contributed by atoms with E-state index in [1.54, 1.807) is 12.1 Å². The number of halogens is 1. The molecule has 0 fully saturated rings. The Labute approximate surface area is 188 Å². The van der Waals surface area contributed by atoms with Crippen molar-refractivity contribution in [3.8, 4) is 16.3 Å². The van der Waals surface area contributed by atoms with Gasteiger partial charge in [0.15, 0.2) is 9.84 Å². The normalized spacial score (nSPS) is 11.5. The molecule has 0 bridgehead atoms. The van der Waals surface area contributed by atoms with Gasteiger partial charge >= 0.3 is 0 Å². The molecule has 1 amide bonds. The summed E-state index contributed by atoms with van der Waals surface area (Å²) in [4.78, 5) is 16.9. The molecule has 31 heavy (non-hydrogen) atoms. The van der Waals surface area contributed by atoms with E-state index in [1.165, 1.54) is 41.7 Å². The number of nitrogens with zero attached hydrogens (tertiary/aromatic N) is 1. The molecule has 0 radical (unpaired) electrons. The fraction of sp³-hybridized carbons (Fsp3) is 0.0909. The number of hydrogen-bond donors (Lipinski definition) is 2. The second kappa shape index (κ2) is 8.66. The Balaban J connectivity index is 1.43. The van der Waals surface area contributed by atoms with Crippen LogP contribution in [0.1, 0.15) is 6.42 Å². The zero-order valence-electron chi connectivity index (χ0n) is 16.1. The van der Waals surface area contributed by atoms with Gasteiger partial charge < -0.3 is 10.4 Å². The number of amides is 1. The number of aromatic hydroxyl groups is 1. The Morgan fingerprint density at radius 1 is 1.06 bits per heavy atom. The number of sulfone groups is 1. The van der Waals surface area contributed by atoms with E-state index >= 15 is 0 Å². The largest absolute Gasteiger partial charge is 0.507 e. The molecule has 158 valence electrons. The molecule has 0 saturated carbocycles. The number of aromatic nitrogens is 1. The molecule has 0 aliphatic heterocycles. The van der Waals surface area contributed by atoms with E-state index in [4.69, 9.17) is 11.6 Å². The van der Waals surface area contributed by atoms with E-state index in [1.807, 2.05) is 24.3 Å². The van der Waals surface area contributed by atoms with Crippen LogP contribution in [0.4, 0.5) is 5.69 Å². The maximum Gasteiger partial charge on any atom is 0.225 e. The van der Waals surface area contributed by atoms with Crippen LogP contribution in [0.5, 0.6) is 5.75 Å². The highest BCUT2D eigenvalue weighted by Gasteiger charge is 2.17. The molecule has 0 atom stereocenters. The number of phenolic OH excluding ortho intramolecular Hbond substituents is 1. The van der Waals surface area contributed by atoms with Gasteiger partial charge in [-0.25, -0.2) is 13.4 Å². The molecular weight excluding hydrogens is 456 g/mol. The van der Waals surface area contributed by atoms with Crippen LogP contribution in [0.2, 0.25) is 5.02 Å². The van der Waals surface area contributed by atoms with E-state index in [-0.39, 0.29) is 22.8 Å². The smallest absolute Gasteiger partial charge is 0.225 e. The third-order valence-electron chi connectivity index (χ3n) is 4.58. The number of carbonyl (C=O) groups excluding carboxylic acids is 1. The summed E-state index contributed by atoms with van der Waals surface area (Å²) in [6, 6.07) is 18.2. The molecule has 1 aromatic heterocycles. The number of benzene rings is 3. The van der Waals surface area contributed by atoms with Crippen molar-refractivity contribution in [1.82, 2.24) is 4.98 Å². The highest BCUT2D eigenvalue weighted by molar-refractivity contribution is 7.91. The third kappa shape index (κ3) is 4.87. The number of anilines is 1. The van der Waals surface area contributed by atoms with Gasteiger partial charge in [0.05, 0.1) is 26.4 Å². The van der Waals surface area contributed by atoms with Crippen LogP contribution in [-0.4, -0.2) is 30.2 Å². The van der Waals surface area contributed by atoms with Gasteiger partial charge in [0.1, 0.15) is 10.8 Å². The van der Waals surface area contributed by atoms with Crippen molar-refractivity contribution >= 4 is 54.6 Å². The van der Waals surface area contributed by atoms with Gasteiger partial charge in [-0.15, -0.1) is 11.3 Å². The molecule has 4 aromatic rings. The highest BCUT2D eigenvalue weighted by Crippen LogP contribution is 2.36.